The van der Waals surface area contributed by atoms with Crippen LogP contribution in [0.2, 0.25) is 5.02 Å². The fourth-order valence-electron chi connectivity index (χ4n) is 3.23. The van der Waals surface area contributed by atoms with Crippen LogP contribution in [-0.2, 0) is 6.42 Å². The van der Waals surface area contributed by atoms with Gasteiger partial charge in [-0.15, -0.1) is 0 Å². The summed E-state index contributed by atoms with van der Waals surface area (Å²) in [5.41, 5.74) is -0.0859. The van der Waals surface area contributed by atoms with E-state index in [1.165, 1.54) is 13.1 Å². The van der Waals surface area contributed by atoms with Gasteiger partial charge in [0.15, 0.2) is 0 Å². The molecular weight excluding hydrogens is 389 g/mol. The molecule has 1 aromatic heterocycles. The largest absolute Gasteiger partial charge is 0.391 e. The van der Waals surface area contributed by atoms with Crippen molar-refractivity contribution in [2.45, 2.75) is 31.5 Å². The van der Waals surface area contributed by atoms with E-state index in [0.29, 0.717) is 21.5 Å². The highest BCUT2D eigenvalue weighted by Crippen LogP contribution is 2.30. The molecule has 0 bridgehead atoms. The first-order valence-electron chi connectivity index (χ1n) is 8.63. The number of benzene rings is 2. The summed E-state index contributed by atoms with van der Waals surface area (Å²) in [5.74, 6) is -0.614. The van der Waals surface area contributed by atoms with Crippen molar-refractivity contribution in [2.24, 2.45) is 0 Å². The van der Waals surface area contributed by atoms with Gasteiger partial charge in [-0.25, -0.2) is 0 Å². The van der Waals surface area contributed by atoms with Crippen molar-refractivity contribution in [1.29, 1.82) is 0 Å². The van der Waals surface area contributed by atoms with E-state index < -0.39 is 24.0 Å². The Hall–Kier alpha value is -2.60. The van der Waals surface area contributed by atoms with Crippen LogP contribution in [0.1, 0.15) is 29.3 Å². The Balaban J connectivity index is 1.88. The molecule has 7 heteroatoms. The lowest BCUT2D eigenvalue weighted by Crippen LogP contribution is -2.50. The minimum Gasteiger partial charge on any atom is -0.346 e. The average molecular weight is 407 g/mol. The molecule has 0 unspecified atom stereocenters. The van der Waals surface area contributed by atoms with Gasteiger partial charge in [0.05, 0.1) is 28.1 Å². The van der Waals surface area contributed by atoms with Crippen LogP contribution in [0.4, 0.5) is 13.2 Å². The highest BCUT2D eigenvalue weighted by Gasteiger charge is 2.40. The Kier molecular flexibility index (Phi) is 5.61. The average Bonchev–Trinajstić information content (AvgIpc) is 2.60. The Morgan fingerprint density at radius 2 is 1.82 bits per heavy atom. The van der Waals surface area contributed by atoms with Gasteiger partial charge in [-0.1, -0.05) is 54.1 Å². The smallest absolute Gasteiger partial charge is 0.346 e. The van der Waals surface area contributed by atoms with Crippen LogP contribution in [0.25, 0.3) is 10.9 Å². The van der Waals surface area contributed by atoms with E-state index in [-0.39, 0.29) is 12.0 Å². The molecule has 1 N–H and O–H groups in total. The fourth-order valence-corrected chi connectivity index (χ4v) is 3.46. The quantitative estimate of drug-likeness (QED) is 0.601. The summed E-state index contributed by atoms with van der Waals surface area (Å²) in [4.78, 5) is 16.9. The number of hydrogen-bond donors (Lipinski definition) is 1. The summed E-state index contributed by atoms with van der Waals surface area (Å²) in [7, 11) is 0. The summed E-state index contributed by atoms with van der Waals surface area (Å²) in [6.07, 6.45) is -4.20. The number of carbonyl (C=O) groups is 1. The van der Waals surface area contributed by atoms with Crippen molar-refractivity contribution >= 4 is 28.4 Å². The van der Waals surface area contributed by atoms with Gasteiger partial charge in [0.1, 0.15) is 0 Å². The summed E-state index contributed by atoms with van der Waals surface area (Å²) in [5, 5.41) is 3.64. The van der Waals surface area contributed by atoms with Crippen LogP contribution < -0.4 is 5.32 Å². The van der Waals surface area contributed by atoms with Crippen molar-refractivity contribution in [3.63, 3.8) is 0 Å². The maximum Gasteiger partial charge on any atom is 0.391 e. The summed E-state index contributed by atoms with van der Waals surface area (Å²) in [6, 6.07) is 15.5. The van der Waals surface area contributed by atoms with Crippen molar-refractivity contribution in [3.05, 3.63) is 76.9 Å². The molecule has 0 fully saturated rings. The van der Waals surface area contributed by atoms with E-state index in [1.807, 2.05) is 0 Å². The molecule has 0 radical (unpaired) electrons. The molecule has 3 rings (SSSR count). The van der Waals surface area contributed by atoms with E-state index in [2.05, 4.69) is 10.3 Å². The molecule has 0 aliphatic rings. The molecule has 2 aromatic carbocycles. The highest BCUT2D eigenvalue weighted by molar-refractivity contribution is 6.35. The lowest BCUT2D eigenvalue weighted by molar-refractivity contribution is -0.147. The highest BCUT2D eigenvalue weighted by atomic mass is 35.5. The van der Waals surface area contributed by atoms with Gasteiger partial charge >= 0.3 is 6.18 Å². The number of aromatic nitrogens is 1. The maximum absolute atomic E-state index is 13.2. The van der Waals surface area contributed by atoms with Gasteiger partial charge in [0.25, 0.3) is 5.91 Å². The van der Waals surface area contributed by atoms with Crippen LogP contribution in [0.15, 0.2) is 60.8 Å². The number of nitrogens with one attached hydrogen (secondary N) is 1. The SMILES string of the molecule is C[C@@](Cc1ccccc1)(CC(F)(F)F)NC(=O)c1cnc2c(Cl)cccc2c1. The van der Waals surface area contributed by atoms with Gasteiger partial charge in [-0.2, -0.15) is 13.2 Å². The van der Waals surface area contributed by atoms with Gasteiger partial charge in [-0.3, -0.25) is 9.78 Å². The van der Waals surface area contributed by atoms with E-state index >= 15 is 0 Å². The topological polar surface area (TPSA) is 42.0 Å². The van der Waals surface area contributed by atoms with Gasteiger partial charge in [0.2, 0.25) is 0 Å². The van der Waals surface area contributed by atoms with Crippen LogP contribution in [-0.4, -0.2) is 22.6 Å². The molecule has 0 aliphatic heterocycles. The fraction of sp³-hybridized carbons (Fsp3) is 0.238. The second kappa shape index (κ2) is 7.80. The zero-order chi connectivity index (χ0) is 20.4. The zero-order valence-corrected chi connectivity index (χ0v) is 15.8. The number of amides is 1. The molecular formula is C21H18ClF3N2O. The molecule has 1 amide bonds. The first-order valence-corrected chi connectivity index (χ1v) is 9.00. The maximum atomic E-state index is 13.2. The van der Waals surface area contributed by atoms with Crippen molar-refractivity contribution in [1.82, 2.24) is 10.3 Å². The molecule has 0 saturated heterocycles. The Labute approximate surface area is 165 Å². The first kappa shape index (κ1) is 20.1. The van der Waals surface area contributed by atoms with E-state index in [1.54, 1.807) is 54.6 Å². The molecule has 0 spiro atoms. The second-order valence-electron chi connectivity index (χ2n) is 7.00. The van der Waals surface area contributed by atoms with Crippen LogP contribution in [0, 0.1) is 0 Å². The molecule has 1 atom stereocenters. The predicted molar refractivity (Wildman–Crippen MR) is 103 cm³/mol. The van der Waals surface area contributed by atoms with Gasteiger partial charge < -0.3 is 5.32 Å². The van der Waals surface area contributed by atoms with Crippen molar-refractivity contribution in [3.8, 4) is 0 Å². The number of nitrogens with zero attached hydrogens (tertiary/aromatic N) is 1. The van der Waals surface area contributed by atoms with E-state index in [9.17, 15) is 18.0 Å². The van der Waals surface area contributed by atoms with Crippen LogP contribution in [0.5, 0.6) is 0 Å². The van der Waals surface area contributed by atoms with Crippen molar-refractivity contribution in [2.75, 3.05) is 0 Å². The van der Waals surface area contributed by atoms with Crippen LogP contribution in [0.3, 0.4) is 0 Å². The number of fused-ring (bicyclic) bond motifs is 1. The van der Waals surface area contributed by atoms with Gasteiger partial charge in [0, 0.05) is 11.6 Å². The molecule has 146 valence electrons. The standard InChI is InChI=1S/C21H18ClF3N2O/c1-20(13-21(23,24)25,11-14-6-3-2-4-7-14)27-19(28)16-10-15-8-5-9-17(22)18(15)26-12-16/h2-10,12H,11,13H2,1H3,(H,27,28)/t20-/m1/s1. The minimum atomic E-state index is -4.42. The molecule has 3 nitrogen and oxygen atoms in total. The molecule has 28 heavy (non-hydrogen) atoms. The third kappa shape index (κ3) is 5.01. The van der Waals surface area contributed by atoms with E-state index in [0.717, 1.165) is 0 Å². The van der Waals surface area contributed by atoms with Crippen molar-refractivity contribution < 1.29 is 18.0 Å². The number of pyridine rings is 1. The molecule has 3 aromatic rings. The number of rotatable bonds is 5. The lowest BCUT2D eigenvalue weighted by Gasteiger charge is -2.32. The third-order valence-electron chi connectivity index (χ3n) is 4.37. The molecule has 1 heterocycles. The summed E-state index contributed by atoms with van der Waals surface area (Å²) in [6.45, 7) is 1.40. The minimum absolute atomic E-state index is 0.0475. The molecule has 0 saturated carbocycles. The number of alkyl halides is 3. The summed E-state index contributed by atoms with van der Waals surface area (Å²) < 4.78 is 39.5. The summed E-state index contributed by atoms with van der Waals surface area (Å²) >= 11 is 6.07. The van der Waals surface area contributed by atoms with Gasteiger partial charge in [-0.05, 0) is 31.0 Å². The normalized spacial score (nSPS) is 13.9. The van der Waals surface area contributed by atoms with Crippen LogP contribution >= 0.6 is 11.6 Å². The monoisotopic (exact) mass is 406 g/mol. The Morgan fingerprint density at radius 3 is 2.50 bits per heavy atom. The Bertz CT molecular complexity index is 992. The third-order valence-corrected chi connectivity index (χ3v) is 4.67. The van der Waals surface area contributed by atoms with E-state index in [4.69, 9.17) is 11.6 Å². The zero-order valence-electron chi connectivity index (χ0n) is 15.1. The first-order chi connectivity index (χ1) is 13.2. The lowest BCUT2D eigenvalue weighted by atomic mass is 9.88. The number of halogens is 4. The Morgan fingerprint density at radius 1 is 1.11 bits per heavy atom. The molecule has 0 aliphatic carbocycles. The number of hydrogen-bond acceptors (Lipinski definition) is 2. The predicted octanol–water partition coefficient (Wildman–Crippen LogP) is 5.57. The second-order valence-corrected chi connectivity index (χ2v) is 7.41. The number of para-hydroxylation sites is 1. The number of carbonyl (C=O) groups excluding carboxylic acids is 1.